The monoisotopic (exact) mass is 308 g/mol. The summed E-state index contributed by atoms with van der Waals surface area (Å²) in [6.07, 6.45) is 3.47. The smallest absolute Gasteiger partial charge is 0.0318 e. The van der Waals surface area contributed by atoms with Crippen molar-refractivity contribution >= 4 is 34.3 Å². The van der Waals surface area contributed by atoms with E-state index in [9.17, 15) is 0 Å². The van der Waals surface area contributed by atoms with Crippen LogP contribution in [-0.2, 0) is 6.42 Å². The molecular formula is C19H16S2. The Morgan fingerprint density at radius 1 is 0.905 bits per heavy atom. The van der Waals surface area contributed by atoms with Gasteiger partial charge in [0.1, 0.15) is 0 Å². The first-order valence-corrected chi connectivity index (χ1v) is 8.81. The third-order valence-corrected chi connectivity index (χ3v) is 6.18. The molecule has 0 saturated carbocycles. The van der Waals surface area contributed by atoms with Crippen molar-refractivity contribution in [1.29, 1.82) is 0 Å². The van der Waals surface area contributed by atoms with Gasteiger partial charge in [0.15, 0.2) is 0 Å². The van der Waals surface area contributed by atoms with Gasteiger partial charge in [-0.25, -0.2) is 0 Å². The summed E-state index contributed by atoms with van der Waals surface area (Å²) >= 11 is 3.83. The Bertz CT molecular complexity index is 832. The summed E-state index contributed by atoms with van der Waals surface area (Å²) in [4.78, 5) is 5.70. The normalized spacial score (nSPS) is 13.3. The van der Waals surface area contributed by atoms with Crippen molar-refractivity contribution in [3.05, 3.63) is 67.5 Å². The van der Waals surface area contributed by atoms with Crippen molar-refractivity contribution in [1.82, 2.24) is 0 Å². The van der Waals surface area contributed by atoms with Gasteiger partial charge in [0.25, 0.3) is 0 Å². The lowest BCUT2D eigenvalue weighted by molar-refractivity contribution is 1.35. The molecule has 21 heavy (non-hydrogen) atoms. The molecule has 0 radical (unpaired) electrons. The summed E-state index contributed by atoms with van der Waals surface area (Å²) < 4.78 is 0. The Morgan fingerprint density at radius 3 is 2.43 bits per heavy atom. The van der Waals surface area contributed by atoms with Gasteiger partial charge in [0, 0.05) is 25.9 Å². The molecule has 104 valence electrons. The zero-order valence-electron chi connectivity index (χ0n) is 12.1. The van der Waals surface area contributed by atoms with Gasteiger partial charge in [0.2, 0.25) is 0 Å². The van der Waals surface area contributed by atoms with Crippen LogP contribution in [0.25, 0.3) is 22.8 Å². The largest absolute Gasteiger partial charge is 0.141 e. The van der Waals surface area contributed by atoms with Crippen LogP contribution in [0.3, 0.4) is 0 Å². The minimum absolute atomic E-state index is 1.07. The molecule has 3 aromatic rings. The Kier molecular flexibility index (Phi) is 3.09. The first-order chi connectivity index (χ1) is 10.2. The van der Waals surface area contributed by atoms with Crippen molar-refractivity contribution in [2.75, 3.05) is 0 Å². The van der Waals surface area contributed by atoms with Crippen LogP contribution < -0.4 is 0 Å². The molecule has 0 amide bonds. The summed E-state index contributed by atoms with van der Waals surface area (Å²) in [5.41, 5.74) is 5.80. The van der Waals surface area contributed by atoms with Crippen molar-refractivity contribution in [3.8, 4) is 11.1 Å². The molecule has 0 atom stereocenters. The van der Waals surface area contributed by atoms with E-state index < -0.39 is 0 Å². The van der Waals surface area contributed by atoms with Crippen LogP contribution in [0.15, 0.2) is 42.5 Å². The topological polar surface area (TPSA) is 0 Å². The fourth-order valence-corrected chi connectivity index (χ4v) is 5.11. The van der Waals surface area contributed by atoms with Crippen molar-refractivity contribution < 1.29 is 0 Å². The summed E-state index contributed by atoms with van der Waals surface area (Å²) in [5, 5.41) is 0. The minimum atomic E-state index is 1.07. The molecule has 2 heterocycles. The van der Waals surface area contributed by atoms with Gasteiger partial charge >= 0.3 is 0 Å². The molecule has 0 aliphatic heterocycles. The van der Waals surface area contributed by atoms with E-state index in [0.29, 0.717) is 0 Å². The Labute approximate surface area is 133 Å². The molecule has 1 aliphatic rings. The van der Waals surface area contributed by atoms with Crippen LogP contribution in [0, 0.1) is 13.8 Å². The van der Waals surface area contributed by atoms with Gasteiger partial charge in [-0.1, -0.05) is 30.3 Å². The van der Waals surface area contributed by atoms with Crippen LogP contribution in [0.5, 0.6) is 0 Å². The summed E-state index contributed by atoms with van der Waals surface area (Å²) in [7, 11) is 0. The molecule has 0 spiro atoms. The van der Waals surface area contributed by atoms with Gasteiger partial charge in [0.05, 0.1) is 0 Å². The molecule has 1 aliphatic carbocycles. The maximum Gasteiger partial charge on any atom is 0.0318 e. The first kappa shape index (κ1) is 13.1. The lowest BCUT2D eigenvalue weighted by Crippen LogP contribution is -1.86. The number of fused-ring (bicyclic) bond motifs is 1. The molecule has 0 saturated heterocycles. The third-order valence-electron chi connectivity index (χ3n) is 4.01. The SMILES string of the molecule is Cc1ccc(C2=Cc3sc(C)c(-c4ccccc4)c3C2)s1. The lowest BCUT2D eigenvalue weighted by atomic mass is 9.99. The highest BCUT2D eigenvalue weighted by Gasteiger charge is 2.23. The minimum Gasteiger partial charge on any atom is -0.141 e. The fourth-order valence-electron chi connectivity index (χ4n) is 3.05. The van der Waals surface area contributed by atoms with E-state index in [4.69, 9.17) is 0 Å². The predicted octanol–water partition coefficient (Wildman–Crippen LogP) is 6.19. The van der Waals surface area contributed by atoms with Gasteiger partial charge in [-0.2, -0.15) is 0 Å². The Morgan fingerprint density at radius 2 is 1.71 bits per heavy atom. The average Bonchev–Trinajstić information content (AvgIpc) is 3.13. The van der Waals surface area contributed by atoms with Crippen LogP contribution in [0.4, 0.5) is 0 Å². The quantitative estimate of drug-likeness (QED) is 0.529. The van der Waals surface area contributed by atoms with Crippen molar-refractivity contribution in [2.24, 2.45) is 0 Å². The van der Waals surface area contributed by atoms with E-state index in [-0.39, 0.29) is 0 Å². The van der Waals surface area contributed by atoms with Crippen LogP contribution in [-0.4, -0.2) is 0 Å². The molecule has 2 aromatic heterocycles. The average molecular weight is 308 g/mol. The number of thiophene rings is 2. The van der Waals surface area contributed by atoms with Gasteiger partial charge in [-0.15, -0.1) is 22.7 Å². The maximum absolute atomic E-state index is 2.39. The van der Waals surface area contributed by atoms with Crippen LogP contribution in [0.2, 0.25) is 0 Å². The maximum atomic E-state index is 2.39. The number of rotatable bonds is 2. The molecule has 2 heteroatoms. The lowest BCUT2D eigenvalue weighted by Gasteiger charge is -2.05. The fraction of sp³-hybridized carbons (Fsp3) is 0.158. The highest BCUT2D eigenvalue weighted by molar-refractivity contribution is 7.14. The highest BCUT2D eigenvalue weighted by atomic mass is 32.1. The molecule has 4 rings (SSSR count). The molecular weight excluding hydrogens is 292 g/mol. The second-order valence-corrected chi connectivity index (χ2v) is 8.04. The second kappa shape index (κ2) is 4.97. The molecule has 0 unspecified atom stereocenters. The van der Waals surface area contributed by atoms with Crippen LogP contribution in [0.1, 0.15) is 25.1 Å². The standard InChI is InChI=1S/C19H16S2/c1-12-8-9-17(20-12)15-10-16-18(11-15)21-13(2)19(16)14-6-4-3-5-7-14/h3-9,11H,10H2,1-2H3. The van der Waals surface area contributed by atoms with Gasteiger partial charge in [-0.05, 0) is 54.3 Å². The van der Waals surface area contributed by atoms with E-state index in [2.05, 4.69) is 62.4 Å². The molecule has 0 bridgehead atoms. The molecule has 0 fully saturated rings. The number of hydrogen-bond donors (Lipinski definition) is 0. The van der Waals surface area contributed by atoms with Crippen molar-refractivity contribution in [2.45, 2.75) is 20.3 Å². The van der Waals surface area contributed by atoms with Gasteiger partial charge < -0.3 is 0 Å². The van der Waals surface area contributed by atoms with E-state index in [0.717, 1.165) is 6.42 Å². The first-order valence-electron chi connectivity index (χ1n) is 7.17. The highest BCUT2D eigenvalue weighted by Crippen LogP contribution is 2.45. The summed E-state index contributed by atoms with van der Waals surface area (Å²) in [6.45, 7) is 4.42. The van der Waals surface area contributed by atoms with E-state index in [1.54, 1.807) is 0 Å². The predicted molar refractivity (Wildman–Crippen MR) is 95.1 cm³/mol. The molecule has 1 aromatic carbocycles. The Hall–Kier alpha value is -1.64. The zero-order chi connectivity index (χ0) is 14.4. The number of hydrogen-bond acceptors (Lipinski definition) is 2. The third kappa shape index (κ3) is 2.19. The van der Waals surface area contributed by atoms with E-state index in [1.165, 1.54) is 41.8 Å². The second-order valence-electron chi connectivity index (χ2n) is 5.50. The van der Waals surface area contributed by atoms with E-state index in [1.807, 2.05) is 22.7 Å². The summed E-state index contributed by atoms with van der Waals surface area (Å²) in [5.74, 6) is 0. The van der Waals surface area contributed by atoms with Gasteiger partial charge in [-0.3, -0.25) is 0 Å². The molecule has 0 N–H and O–H groups in total. The number of benzene rings is 1. The van der Waals surface area contributed by atoms with E-state index >= 15 is 0 Å². The Balaban J connectivity index is 1.77. The number of aryl methyl sites for hydroxylation is 2. The number of allylic oxidation sites excluding steroid dienone is 1. The van der Waals surface area contributed by atoms with Crippen molar-refractivity contribution in [3.63, 3.8) is 0 Å². The zero-order valence-corrected chi connectivity index (χ0v) is 13.8. The summed E-state index contributed by atoms with van der Waals surface area (Å²) in [6, 6.07) is 15.3. The molecule has 0 nitrogen and oxygen atoms in total. The van der Waals surface area contributed by atoms with Crippen LogP contribution >= 0.6 is 22.7 Å².